The van der Waals surface area contributed by atoms with Gasteiger partial charge in [-0.05, 0) is 61.0 Å². The largest absolute Gasteiger partial charge is 0.506 e. The van der Waals surface area contributed by atoms with Gasteiger partial charge in [-0.1, -0.05) is 29.8 Å². The quantitative estimate of drug-likeness (QED) is 0.359. The van der Waals surface area contributed by atoms with Crippen LogP contribution in [0.2, 0.25) is 0 Å². The number of nitrogens with zero attached hydrogens (tertiary/aromatic N) is 1. The highest BCUT2D eigenvalue weighted by Gasteiger charge is 2.40. The van der Waals surface area contributed by atoms with E-state index in [2.05, 4.69) is 10.6 Å². The van der Waals surface area contributed by atoms with Crippen molar-refractivity contribution in [3.05, 3.63) is 88.6 Å². The molecule has 172 valence electrons. The summed E-state index contributed by atoms with van der Waals surface area (Å²) in [6, 6.07) is 17.7. The summed E-state index contributed by atoms with van der Waals surface area (Å²) in [7, 11) is 1.45. The third-order valence-corrected chi connectivity index (χ3v) is 5.52. The number of phenols is 1. The number of nitrogens with one attached hydrogen (secondary N) is 2. The number of benzene rings is 3. The van der Waals surface area contributed by atoms with Gasteiger partial charge in [-0.2, -0.15) is 0 Å². The molecule has 8 nitrogen and oxygen atoms in total. The van der Waals surface area contributed by atoms with Gasteiger partial charge in [-0.3, -0.25) is 14.4 Å². The van der Waals surface area contributed by atoms with Crippen molar-refractivity contribution >= 4 is 46.4 Å². The lowest BCUT2D eigenvalue weighted by molar-refractivity contribution is -0.120. The van der Waals surface area contributed by atoms with E-state index in [0.29, 0.717) is 22.7 Å². The Morgan fingerprint density at radius 1 is 1.00 bits per heavy atom. The minimum Gasteiger partial charge on any atom is -0.506 e. The van der Waals surface area contributed by atoms with Gasteiger partial charge < -0.3 is 20.5 Å². The van der Waals surface area contributed by atoms with E-state index in [0.717, 1.165) is 10.5 Å². The Morgan fingerprint density at radius 3 is 2.38 bits per heavy atom. The highest BCUT2D eigenvalue weighted by molar-refractivity contribution is 6.53. The highest BCUT2D eigenvalue weighted by Crippen LogP contribution is 2.36. The Bertz CT molecular complexity index is 1330. The van der Waals surface area contributed by atoms with E-state index in [9.17, 15) is 19.5 Å². The van der Waals surface area contributed by atoms with Crippen LogP contribution >= 0.6 is 11.6 Å². The molecule has 0 saturated heterocycles. The summed E-state index contributed by atoms with van der Waals surface area (Å²) in [4.78, 5) is 39.3. The first-order chi connectivity index (χ1) is 16.3. The number of methoxy groups -OCH3 is 1. The van der Waals surface area contributed by atoms with Crippen LogP contribution in [0.3, 0.4) is 0 Å². The number of rotatable bonds is 6. The van der Waals surface area contributed by atoms with Gasteiger partial charge in [-0.15, -0.1) is 0 Å². The first kappa shape index (κ1) is 22.9. The molecule has 1 aliphatic rings. The topological polar surface area (TPSA) is 108 Å². The van der Waals surface area contributed by atoms with Gasteiger partial charge in [0.2, 0.25) is 0 Å². The molecule has 0 atom stereocenters. The third kappa shape index (κ3) is 4.31. The number of para-hydroxylation sites is 2. The minimum absolute atomic E-state index is 0.0464. The van der Waals surface area contributed by atoms with E-state index in [-0.39, 0.29) is 22.2 Å². The fraction of sp³-hybridized carbons (Fsp3) is 0.0800. The number of carbonyl (C=O) groups excluding carboxylic acids is 3. The number of hydrogen-bond acceptors (Lipinski definition) is 6. The smallest absolute Gasteiger partial charge is 0.283 e. The van der Waals surface area contributed by atoms with Gasteiger partial charge in [0.15, 0.2) is 0 Å². The molecule has 3 N–H and O–H groups in total. The van der Waals surface area contributed by atoms with Crippen LogP contribution in [0.4, 0.5) is 17.1 Å². The minimum atomic E-state index is -0.670. The lowest BCUT2D eigenvalue weighted by atomic mass is 10.1. The molecule has 0 spiro atoms. The molecular formula is C25H20ClN3O5. The van der Waals surface area contributed by atoms with Crippen molar-refractivity contribution in [1.29, 1.82) is 0 Å². The van der Waals surface area contributed by atoms with Crippen LogP contribution in [0, 0.1) is 6.92 Å². The summed E-state index contributed by atoms with van der Waals surface area (Å²) in [5.74, 6) is -1.40. The zero-order valence-electron chi connectivity index (χ0n) is 18.3. The molecule has 9 heteroatoms. The Morgan fingerprint density at radius 2 is 1.71 bits per heavy atom. The van der Waals surface area contributed by atoms with Crippen molar-refractivity contribution < 1.29 is 24.2 Å². The molecule has 1 heterocycles. The van der Waals surface area contributed by atoms with E-state index in [1.807, 2.05) is 6.92 Å². The first-order valence-corrected chi connectivity index (χ1v) is 10.6. The predicted octanol–water partition coefficient (Wildman–Crippen LogP) is 4.40. The number of anilines is 3. The molecule has 1 aliphatic heterocycles. The Kier molecular flexibility index (Phi) is 6.25. The zero-order valence-corrected chi connectivity index (χ0v) is 19.0. The number of aryl methyl sites for hydroxylation is 1. The Balaban J connectivity index is 1.52. The van der Waals surface area contributed by atoms with E-state index in [4.69, 9.17) is 16.3 Å². The molecular weight excluding hydrogens is 458 g/mol. The van der Waals surface area contributed by atoms with Crippen LogP contribution < -0.4 is 20.3 Å². The monoisotopic (exact) mass is 477 g/mol. The van der Waals surface area contributed by atoms with Gasteiger partial charge >= 0.3 is 0 Å². The molecule has 0 radical (unpaired) electrons. The van der Waals surface area contributed by atoms with Crippen molar-refractivity contribution in [2.24, 2.45) is 0 Å². The van der Waals surface area contributed by atoms with E-state index in [1.165, 1.54) is 25.3 Å². The number of aromatic hydroxyl groups is 1. The van der Waals surface area contributed by atoms with Crippen molar-refractivity contribution in [3.63, 3.8) is 0 Å². The molecule has 3 amide bonds. The lowest BCUT2D eigenvalue weighted by Gasteiger charge is -2.18. The number of hydrogen-bond donors (Lipinski definition) is 3. The molecule has 0 unspecified atom stereocenters. The third-order valence-electron chi connectivity index (χ3n) is 5.17. The number of carbonyl (C=O) groups is 3. The molecule has 3 aromatic rings. The van der Waals surface area contributed by atoms with Gasteiger partial charge in [-0.25, -0.2) is 4.90 Å². The molecule has 3 aromatic carbocycles. The van der Waals surface area contributed by atoms with Crippen molar-refractivity contribution in [1.82, 2.24) is 0 Å². The number of amides is 3. The van der Waals surface area contributed by atoms with Crippen LogP contribution in [-0.2, 0) is 9.59 Å². The SMILES string of the molecule is COc1ccc(C)cc1N1C(=O)C(Cl)=C(Nc2ccc(C(=O)Nc3ccccc3O)cc2)C1=O. The second-order valence-electron chi connectivity index (χ2n) is 7.48. The van der Waals surface area contributed by atoms with Crippen molar-refractivity contribution in [2.45, 2.75) is 6.92 Å². The van der Waals surface area contributed by atoms with Gasteiger partial charge in [0, 0.05) is 11.3 Å². The summed E-state index contributed by atoms with van der Waals surface area (Å²) in [6.45, 7) is 1.83. The van der Waals surface area contributed by atoms with Crippen LogP contribution in [0.25, 0.3) is 0 Å². The van der Waals surface area contributed by atoms with E-state index >= 15 is 0 Å². The second-order valence-corrected chi connectivity index (χ2v) is 7.86. The average Bonchev–Trinajstić information content (AvgIpc) is 3.04. The van der Waals surface area contributed by atoms with Crippen LogP contribution in [0.1, 0.15) is 15.9 Å². The van der Waals surface area contributed by atoms with Gasteiger partial charge in [0.1, 0.15) is 22.2 Å². The molecule has 0 saturated carbocycles. The maximum atomic E-state index is 13.1. The Hall–Kier alpha value is -4.30. The summed E-state index contributed by atoms with van der Waals surface area (Å²) < 4.78 is 5.30. The van der Waals surface area contributed by atoms with Crippen molar-refractivity contribution in [2.75, 3.05) is 22.6 Å². The standard InChI is InChI=1S/C25H20ClN3O5/c1-14-7-12-20(34-2)18(13-14)29-24(32)21(26)22(25(29)33)27-16-10-8-15(9-11-16)23(31)28-17-5-3-4-6-19(17)30/h3-13,27,30H,1-2H3,(H,28,31). The fourth-order valence-corrected chi connectivity index (χ4v) is 3.64. The lowest BCUT2D eigenvalue weighted by Crippen LogP contribution is -2.32. The number of phenolic OH excluding ortho intramolecular Hbond substituents is 1. The molecule has 0 bridgehead atoms. The van der Waals surface area contributed by atoms with E-state index in [1.54, 1.807) is 48.5 Å². The van der Waals surface area contributed by atoms with Gasteiger partial charge in [0.25, 0.3) is 17.7 Å². The predicted molar refractivity (Wildman–Crippen MR) is 129 cm³/mol. The number of halogens is 1. The fourth-order valence-electron chi connectivity index (χ4n) is 3.43. The maximum absolute atomic E-state index is 13.1. The van der Waals surface area contributed by atoms with Gasteiger partial charge in [0.05, 0.1) is 18.5 Å². The second kappa shape index (κ2) is 9.29. The summed E-state index contributed by atoms with van der Waals surface area (Å²) >= 11 is 6.22. The van der Waals surface area contributed by atoms with Crippen molar-refractivity contribution in [3.8, 4) is 11.5 Å². The summed E-state index contributed by atoms with van der Waals surface area (Å²) in [5.41, 5.74) is 2.12. The first-order valence-electron chi connectivity index (χ1n) is 10.2. The number of imide groups is 1. The highest BCUT2D eigenvalue weighted by atomic mass is 35.5. The molecule has 0 aromatic heterocycles. The van der Waals surface area contributed by atoms with Crippen LogP contribution in [0.15, 0.2) is 77.5 Å². The maximum Gasteiger partial charge on any atom is 0.283 e. The molecule has 4 rings (SSSR count). The van der Waals surface area contributed by atoms with Crippen LogP contribution in [0.5, 0.6) is 11.5 Å². The zero-order chi connectivity index (χ0) is 24.4. The summed E-state index contributed by atoms with van der Waals surface area (Å²) in [6.07, 6.45) is 0. The molecule has 0 aliphatic carbocycles. The summed E-state index contributed by atoms with van der Waals surface area (Å²) in [5, 5.41) is 15.1. The molecule has 0 fully saturated rings. The molecule has 34 heavy (non-hydrogen) atoms. The number of ether oxygens (including phenoxy) is 1. The normalized spacial score (nSPS) is 13.3. The van der Waals surface area contributed by atoms with E-state index < -0.39 is 17.7 Å². The Labute approximate surface area is 200 Å². The average molecular weight is 478 g/mol. The van der Waals surface area contributed by atoms with Crippen LogP contribution in [-0.4, -0.2) is 29.9 Å².